The van der Waals surface area contributed by atoms with Gasteiger partial charge in [0, 0.05) is 16.0 Å². The molecule has 0 aromatic heterocycles. The summed E-state index contributed by atoms with van der Waals surface area (Å²) in [6.45, 7) is 2.34. The molecule has 2 nitrogen and oxygen atoms in total. The Morgan fingerprint density at radius 3 is 2.71 bits per heavy atom. The highest BCUT2D eigenvalue weighted by molar-refractivity contribution is 9.10. The van der Waals surface area contributed by atoms with Crippen LogP contribution in [0.2, 0.25) is 5.02 Å². The molecular formula is C16H14BrClFNO. The molecule has 0 aliphatic heterocycles. The lowest BCUT2D eigenvalue weighted by Crippen LogP contribution is -2.26. The van der Waals surface area contributed by atoms with Crippen molar-refractivity contribution < 1.29 is 9.18 Å². The van der Waals surface area contributed by atoms with Crippen molar-refractivity contribution >= 4 is 33.4 Å². The van der Waals surface area contributed by atoms with E-state index in [1.807, 2.05) is 6.92 Å². The minimum absolute atomic E-state index is 0.168. The fourth-order valence-corrected chi connectivity index (χ4v) is 2.88. The number of carbonyl (C=O) groups excluding carboxylic acids is 1. The second-order valence-electron chi connectivity index (χ2n) is 4.70. The van der Waals surface area contributed by atoms with Gasteiger partial charge in [0.2, 0.25) is 0 Å². The number of amides is 1. The van der Waals surface area contributed by atoms with Gasteiger partial charge in [-0.2, -0.15) is 0 Å². The van der Waals surface area contributed by atoms with E-state index in [2.05, 4.69) is 21.2 Å². The number of aryl methyl sites for hydroxylation is 1. The molecule has 2 aromatic carbocycles. The first kappa shape index (κ1) is 16.0. The van der Waals surface area contributed by atoms with Crippen LogP contribution in [0.3, 0.4) is 0 Å². The molecule has 0 atom stereocenters. The zero-order valence-electron chi connectivity index (χ0n) is 11.4. The molecule has 110 valence electrons. The fourth-order valence-electron chi connectivity index (χ4n) is 2.02. The maximum Gasteiger partial charge on any atom is 0.252 e. The summed E-state index contributed by atoms with van der Waals surface area (Å²) in [5.41, 5.74) is 2.44. The van der Waals surface area contributed by atoms with E-state index in [1.165, 1.54) is 12.1 Å². The van der Waals surface area contributed by atoms with Crippen molar-refractivity contribution in [2.75, 3.05) is 6.54 Å². The van der Waals surface area contributed by atoms with Crippen LogP contribution < -0.4 is 5.32 Å². The van der Waals surface area contributed by atoms with E-state index in [9.17, 15) is 9.18 Å². The molecule has 2 aromatic rings. The number of nitrogens with one attached hydrogen (secondary N) is 1. The molecule has 0 heterocycles. The van der Waals surface area contributed by atoms with E-state index in [4.69, 9.17) is 11.6 Å². The fraction of sp³-hybridized carbons (Fsp3) is 0.188. The summed E-state index contributed by atoms with van der Waals surface area (Å²) < 4.78 is 13.7. The van der Waals surface area contributed by atoms with Crippen LogP contribution in [0, 0.1) is 12.7 Å². The molecule has 0 saturated carbocycles. The number of benzene rings is 2. The third-order valence-electron chi connectivity index (χ3n) is 3.16. The summed E-state index contributed by atoms with van der Waals surface area (Å²) in [5, 5.41) is 3.41. The maximum absolute atomic E-state index is 13.0. The highest BCUT2D eigenvalue weighted by atomic mass is 79.9. The van der Waals surface area contributed by atoms with Gasteiger partial charge in [-0.05, 0) is 70.7 Å². The van der Waals surface area contributed by atoms with Crippen molar-refractivity contribution in [3.05, 3.63) is 68.4 Å². The predicted octanol–water partition coefficient (Wildman–Crippen LogP) is 4.52. The Morgan fingerprint density at radius 1 is 1.29 bits per heavy atom. The van der Waals surface area contributed by atoms with Gasteiger partial charge in [0.25, 0.3) is 5.91 Å². The van der Waals surface area contributed by atoms with E-state index in [-0.39, 0.29) is 11.7 Å². The molecule has 0 aliphatic carbocycles. The quantitative estimate of drug-likeness (QED) is 0.842. The molecule has 0 spiro atoms. The molecule has 21 heavy (non-hydrogen) atoms. The first-order valence-electron chi connectivity index (χ1n) is 6.45. The minimum Gasteiger partial charge on any atom is -0.352 e. The van der Waals surface area contributed by atoms with E-state index >= 15 is 0 Å². The van der Waals surface area contributed by atoms with Gasteiger partial charge in [0.15, 0.2) is 0 Å². The number of carbonyl (C=O) groups is 1. The first-order valence-corrected chi connectivity index (χ1v) is 7.63. The Hall–Kier alpha value is -1.39. The molecule has 0 unspecified atom stereocenters. The standard InChI is InChI=1S/C16H14BrClFNO/c1-10-8-13(19)4-2-11(10)6-7-20-16(21)14-5-3-12(18)9-15(14)17/h2-5,8-9H,6-7H2,1H3,(H,20,21). The lowest BCUT2D eigenvalue weighted by atomic mass is 10.1. The summed E-state index contributed by atoms with van der Waals surface area (Å²) in [6, 6.07) is 9.69. The molecule has 0 radical (unpaired) electrons. The maximum atomic E-state index is 13.0. The van der Waals surface area contributed by atoms with Crippen LogP contribution in [0.25, 0.3) is 0 Å². The van der Waals surface area contributed by atoms with Gasteiger partial charge in [0.1, 0.15) is 5.82 Å². The Balaban J connectivity index is 1.95. The summed E-state index contributed by atoms with van der Waals surface area (Å²) in [5.74, 6) is -0.413. The van der Waals surface area contributed by atoms with Crippen molar-refractivity contribution in [3.8, 4) is 0 Å². The molecule has 0 saturated heterocycles. The normalized spacial score (nSPS) is 10.5. The topological polar surface area (TPSA) is 29.1 Å². The lowest BCUT2D eigenvalue weighted by molar-refractivity contribution is 0.0953. The highest BCUT2D eigenvalue weighted by Crippen LogP contribution is 2.21. The van der Waals surface area contributed by atoms with Crippen LogP contribution in [0.15, 0.2) is 40.9 Å². The largest absolute Gasteiger partial charge is 0.352 e. The first-order chi connectivity index (χ1) is 9.97. The van der Waals surface area contributed by atoms with Crippen LogP contribution in [-0.2, 0) is 6.42 Å². The molecule has 2 rings (SSSR count). The second-order valence-corrected chi connectivity index (χ2v) is 5.99. The van der Waals surface area contributed by atoms with Crippen molar-refractivity contribution in [2.24, 2.45) is 0 Å². The minimum atomic E-state index is -0.245. The molecule has 5 heteroatoms. The Labute approximate surface area is 136 Å². The summed E-state index contributed by atoms with van der Waals surface area (Å²) in [4.78, 5) is 12.1. The van der Waals surface area contributed by atoms with Gasteiger partial charge in [-0.3, -0.25) is 4.79 Å². The number of halogens is 3. The van der Waals surface area contributed by atoms with E-state index in [0.717, 1.165) is 11.1 Å². The average Bonchev–Trinajstić information content (AvgIpc) is 2.41. The zero-order valence-corrected chi connectivity index (χ0v) is 13.8. The summed E-state index contributed by atoms with van der Waals surface area (Å²) >= 11 is 9.16. The number of rotatable bonds is 4. The van der Waals surface area contributed by atoms with Gasteiger partial charge in [-0.25, -0.2) is 4.39 Å². The van der Waals surface area contributed by atoms with Crippen molar-refractivity contribution in [3.63, 3.8) is 0 Å². The Kier molecular flexibility index (Phi) is 5.37. The Morgan fingerprint density at radius 2 is 2.05 bits per heavy atom. The van der Waals surface area contributed by atoms with Crippen LogP contribution in [0.4, 0.5) is 4.39 Å². The smallest absolute Gasteiger partial charge is 0.252 e. The van der Waals surface area contributed by atoms with Crippen molar-refractivity contribution in [2.45, 2.75) is 13.3 Å². The van der Waals surface area contributed by atoms with Gasteiger partial charge in [0.05, 0.1) is 5.56 Å². The Bertz CT molecular complexity index is 675. The summed E-state index contributed by atoms with van der Waals surface area (Å²) in [6.07, 6.45) is 0.656. The van der Waals surface area contributed by atoms with Crippen LogP contribution in [0.1, 0.15) is 21.5 Å². The third kappa shape index (κ3) is 4.29. The summed E-state index contributed by atoms with van der Waals surface area (Å²) in [7, 11) is 0. The predicted molar refractivity (Wildman–Crippen MR) is 86.3 cm³/mol. The SMILES string of the molecule is Cc1cc(F)ccc1CCNC(=O)c1ccc(Cl)cc1Br. The van der Waals surface area contributed by atoms with Crippen LogP contribution in [-0.4, -0.2) is 12.5 Å². The van der Waals surface area contributed by atoms with Crippen molar-refractivity contribution in [1.82, 2.24) is 5.32 Å². The third-order valence-corrected chi connectivity index (χ3v) is 4.05. The van der Waals surface area contributed by atoms with E-state index < -0.39 is 0 Å². The lowest BCUT2D eigenvalue weighted by Gasteiger charge is -2.09. The number of hydrogen-bond acceptors (Lipinski definition) is 1. The molecular weight excluding hydrogens is 357 g/mol. The van der Waals surface area contributed by atoms with Gasteiger partial charge < -0.3 is 5.32 Å². The average molecular weight is 371 g/mol. The van der Waals surface area contributed by atoms with E-state index in [1.54, 1.807) is 24.3 Å². The van der Waals surface area contributed by atoms with Gasteiger partial charge in [-0.15, -0.1) is 0 Å². The highest BCUT2D eigenvalue weighted by Gasteiger charge is 2.10. The molecule has 0 fully saturated rings. The second kappa shape index (κ2) is 7.05. The molecule has 0 bridgehead atoms. The molecule has 0 aliphatic rings. The number of hydrogen-bond donors (Lipinski definition) is 1. The monoisotopic (exact) mass is 369 g/mol. The van der Waals surface area contributed by atoms with Gasteiger partial charge >= 0.3 is 0 Å². The van der Waals surface area contributed by atoms with E-state index in [0.29, 0.717) is 28.0 Å². The zero-order chi connectivity index (χ0) is 15.4. The van der Waals surface area contributed by atoms with Crippen LogP contribution in [0.5, 0.6) is 0 Å². The molecule has 1 N–H and O–H groups in total. The van der Waals surface area contributed by atoms with Crippen LogP contribution >= 0.6 is 27.5 Å². The van der Waals surface area contributed by atoms with Gasteiger partial charge in [-0.1, -0.05) is 17.7 Å². The van der Waals surface area contributed by atoms with Crippen molar-refractivity contribution in [1.29, 1.82) is 0 Å². The molecule has 1 amide bonds.